The number of hydrogen-bond donors (Lipinski definition) is 2. The Bertz CT molecular complexity index is 1120. The number of hydrogen-bond acceptors (Lipinski definition) is 5. The predicted molar refractivity (Wildman–Crippen MR) is 140 cm³/mol. The van der Waals surface area contributed by atoms with Gasteiger partial charge in [-0.15, -0.1) is 11.3 Å². The molecule has 35 heavy (non-hydrogen) atoms. The van der Waals surface area contributed by atoms with Gasteiger partial charge in [0.2, 0.25) is 5.91 Å². The van der Waals surface area contributed by atoms with Crippen LogP contribution in [-0.2, 0) is 16.0 Å². The number of fused-ring (bicyclic) bond motifs is 1. The Morgan fingerprint density at radius 1 is 1.17 bits per heavy atom. The first-order chi connectivity index (χ1) is 17.1. The normalized spacial score (nSPS) is 14.5. The lowest BCUT2D eigenvalue weighted by molar-refractivity contribution is -0.120. The maximum Gasteiger partial charge on any atom is 0.251 e. The SMILES string of the molecule is CCC(CC)n1c(Cc2cccs2)nc2cc(C(=O)NCC(=O)NCCC3CCOCC3)ccc21. The molecule has 0 atom stereocenters. The van der Waals surface area contributed by atoms with Crippen molar-refractivity contribution >= 4 is 34.2 Å². The van der Waals surface area contributed by atoms with Crippen LogP contribution in [-0.4, -0.2) is 47.7 Å². The summed E-state index contributed by atoms with van der Waals surface area (Å²) in [6.07, 6.45) is 5.87. The molecule has 0 unspecified atom stereocenters. The van der Waals surface area contributed by atoms with Gasteiger partial charge in [0.15, 0.2) is 0 Å². The first kappa shape index (κ1) is 25.4. The van der Waals surface area contributed by atoms with Gasteiger partial charge < -0.3 is 19.9 Å². The van der Waals surface area contributed by atoms with Gasteiger partial charge in [-0.05, 0) is 67.7 Å². The van der Waals surface area contributed by atoms with Crippen molar-refractivity contribution in [2.75, 3.05) is 26.3 Å². The lowest BCUT2D eigenvalue weighted by atomic mass is 9.97. The molecule has 1 fully saturated rings. The third-order valence-electron chi connectivity index (χ3n) is 6.87. The van der Waals surface area contributed by atoms with E-state index in [2.05, 4.69) is 46.6 Å². The average molecular weight is 497 g/mol. The molecule has 2 N–H and O–H groups in total. The Morgan fingerprint density at radius 2 is 1.97 bits per heavy atom. The number of aromatic nitrogens is 2. The largest absolute Gasteiger partial charge is 0.381 e. The van der Waals surface area contributed by atoms with E-state index in [1.807, 2.05) is 18.2 Å². The lowest BCUT2D eigenvalue weighted by Crippen LogP contribution is -2.37. The molecule has 0 radical (unpaired) electrons. The Labute approximate surface area is 211 Å². The van der Waals surface area contributed by atoms with Gasteiger partial charge in [0.25, 0.3) is 5.91 Å². The van der Waals surface area contributed by atoms with Crippen LogP contribution in [0, 0.1) is 5.92 Å². The number of carbonyl (C=O) groups excluding carboxylic acids is 2. The van der Waals surface area contributed by atoms with Gasteiger partial charge in [0.1, 0.15) is 5.82 Å². The second kappa shape index (κ2) is 12.3. The second-order valence-corrected chi connectivity index (χ2v) is 10.2. The highest BCUT2D eigenvalue weighted by atomic mass is 32.1. The van der Waals surface area contributed by atoms with Crippen molar-refractivity contribution in [2.45, 2.75) is 58.4 Å². The Balaban J connectivity index is 1.39. The van der Waals surface area contributed by atoms with Gasteiger partial charge >= 0.3 is 0 Å². The molecule has 0 spiro atoms. The van der Waals surface area contributed by atoms with Gasteiger partial charge in [0, 0.05) is 42.7 Å². The molecular weight excluding hydrogens is 460 g/mol. The van der Waals surface area contributed by atoms with Crippen molar-refractivity contribution in [2.24, 2.45) is 5.92 Å². The van der Waals surface area contributed by atoms with Crippen molar-refractivity contribution in [1.29, 1.82) is 0 Å². The molecule has 2 amide bonds. The Morgan fingerprint density at radius 3 is 2.69 bits per heavy atom. The highest BCUT2D eigenvalue weighted by Gasteiger charge is 2.19. The minimum absolute atomic E-state index is 0.0313. The molecule has 188 valence electrons. The fraction of sp³-hybridized carbons (Fsp3) is 0.519. The maximum absolute atomic E-state index is 12.8. The highest BCUT2D eigenvalue weighted by molar-refractivity contribution is 7.09. The smallest absolute Gasteiger partial charge is 0.251 e. The zero-order valence-electron chi connectivity index (χ0n) is 20.7. The van der Waals surface area contributed by atoms with E-state index in [4.69, 9.17) is 9.72 Å². The van der Waals surface area contributed by atoms with Crippen molar-refractivity contribution in [1.82, 2.24) is 20.2 Å². The summed E-state index contributed by atoms with van der Waals surface area (Å²) in [6, 6.07) is 10.2. The molecule has 0 bridgehead atoms. The van der Waals surface area contributed by atoms with Crippen LogP contribution in [0.5, 0.6) is 0 Å². The van der Waals surface area contributed by atoms with E-state index in [-0.39, 0.29) is 18.4 Å². The number of imidazole rings is 1. The number of amides is 2. The van der Waals surface area contributed by atoms with Crippen molar-refractivity contribution < 1.29 is 14.3 Å². The second-order valence-electron chi connectivity index (χ2n) is 9.21. The number of ether oxygens (including phenoxy) is 1. The predicted octanol–water partition coefficient (Wildman–Crippen LogP) is 4.71. The van der Waals surface area contributed by atoms with E-state index in [0.717, 1.165) is 68.6 Å². The van der Waals surface area contributed by atoms with Crippen LogP contribution in [0.15, 0.2) is 35.7 Å². The molecule has 3 heterocycles. The van der Waals surface area contributed by atoms with Gasteiger partial charge in [-0.3, -0.25) is 9.59 Å². The van der Waals surface area contributed by atoms with Crippen molar-refractivity contribution in [3.05, 3.63) is 52.0 Å². The molecule has 2 aromatic heterocycles. The van der Waals surface area contributed by atoms with Crippen molar-refractivity contribution in [3.63, 3.8) is 0 Å². The third kappa shape index (κ3) is 6.49. The zero-order chi connectivity index (χ0) is 24.6. The number of nitrogens with zero attached hydrogens (tertiary/aromatic N) is 2. The van der Waals surface area contributed by atoms with E-state index in [1.165, 1.54) is 4.88 Å². The molecule has 4 rings (SSSR count). The fourth-order valence-corrected chi connectivity index (χ4v) is 5.52. The molecule has 7 nitrogen and oxygen atoms in total. The van der Waals surface area contributed by atoms with Gasteiger partial charge in [-0.2, -0.15) is 0 Å². The van der Waals surface area contributed by atoms with E-state index >= 15 is 0 Å². The average Bonchev–Trinajstić information content (AvgIpc) is 3.52. The number of benzene rings is 1. The van der Waals surface area contributed by atoms with E-state index < -0.39 is 0 Å². The first-order valence-corrected chi connectivity index (χ1v) is 13.6. The fourth-order valence-electron chi connectivity index (χ4n) is 4.82. The molecule has 1 aromatic carbocycles. The van der Waals surface area contributed by atoms with Crippen molar-refractivity contribution in [3.8, 4) is 0 Å². The molecular formula is C27H36N4O3S. The molecule has 0 aliphatic carbocycles. The summed E-state index contributed by atoms with van der Waals surface area (Å²) >= 11 is 1.73. The Kier molecular flexibility index (Phi) is 8.93. The monoisotopic (exact) mass is 496 g/mol. The Hall–Kier alpha value is -2.71. The lowest BCUT2D eigenvalue weighted by Gasteiger charge is -2.21. The molecule has 1 aliphatic rings. The minimum atomic E-state index is -0.261. The summed E-state index contributed by atoms with van der Waals surface area (Å²) in [7, 11) is 0. The maximum atomic E-state index is 12.8. The van der Waals surface area contributed by atoms with E-state index in [9.17, 15) is 9.59 Å². The topological polar surface area (TPSA) is 85.2 Å². The standard InChI is InChI=1S/C27H36N4O3S/c1-3-21(4-2)31-24-8-7-20(16-23(24)30-25(31)17-22-6-5-15-35-22)27(33)29-18-26(32)28-12-9-19-10-13-34-14-11-19/h5-8,15-16,19,21H,3-4,9-14,17-18H2,1-2H3,(H,28,32)(H,29,33). The summed E-state index contributed by atoms with van der Waals surface area (Å²) in [5.74, 6) is 1.21. The minimum Gasteiger partial charge on any atom is -0.381 e. The summed E-state index contributed by atoms with van der Waals surface area (Å²) in [5, 5.41) is 7.75. The third-order valence-corrected chi connectivity index (χ3v) is 7.75. The zero-order valence-corrected chi connectivity index (χ0v) is 21.5. The van der Waals surface area contributed by atoms with Crippen LogP contribution in [0.4, 0.5) is 0 Å². The summed E-state index contributed by atoms with van der Waals surface area (Å²) in [5.41, 5.74) is 2.38. The van der Waals surface area contributed by atoms with Gasteiger partial charge in [-0.25, -0.2) is 4.98 Å². The van der Waals surface area contributed by atoms with Gasteiger partial charge in [0.05, 0.1) is 17.6 Å². The quantitative estimate of drug-likeness (QED) is 0.403. The first-order valence-electron chi connectivity index (χ1n) is 12.7. The van der Waals surface area contributed by atoms with E-state index in [1.54, 1.807) is 11.3 Å². The summed E-state index contributed by atoms with van der Waals surface area (Å²) in [4.78, 5) is 31.2. The number of carbonyl (C=O) groups is 2. The molecule has 0 saturated carbocycles. The molecule has 3 aromatic rings. The van der Waals surface area contributed by atoms with Crippen LogP contribution in [0.25, 0.3) is 11.0 Å². The van der Waals surface area contributed by atoms with Crippen LogP contribution in [0.3, 0.4) is 0 Å². The van der Waals surface area contributed by atoms with Crippen LogP contribution >= 0.6 is 11.3 Å². The number of nitrogens with one attached hydrogen (secondary N) is 2. The summed E-state index contributed by atoms with van der Waals surface area (Å²) in [6.45, 7) is 6.62. The van der Waals surface area contributed by atoms with Crippen LogP contribution < -0.4 is 10.6 Å². The summed E-state index contributed by atoms with van der Waals surface area (Å²) < 4.78 is 7.71. The van der Waals surface area contributed by atoms with Gasteiger partial charge in [-0.1, -0.05) is 19.9 Å². The molecule has 8 heteroatoms. The van der Waals surface area contributed by atoms with E-state index in [0.29, 0.717) is 24.1 Å². The van der Waals surface area contributed by atoms with Crippen LogP contribution in [0.1, 0.15) is 73.1 Å². The molecule has 1 aliphatic heterocycles. The number of rotatable bonds is 11. The molecule has 1 saturated heterocycles. The number of thiophene rings is 1. The highest BCUT2D eigenvalue weighted by Crippen LogP contribution is 2.28. The van der Waals surface area contributed by atoms with Crippen LogP contribution in [0.2, 0.25) is 0 Å².